The molecular weight excluding hydrogens is 323 g/mol. The van der Waals surface area contributed by atoms with E-state index in [4.69, 9.17) is 9.26 Å². The van der Waals surface area contributed by atoms with Gasteiger partial charge in [-0.05, 0) is 32.4 Å². The Kier molecular flexibility index (Phi) is 7.25. The first-order valence-corrected chi connectivity index (χ1v) is 8.50. The molecule has 25 heavy (non-hydrogen) atoms. The second kappa shape index (κ2) is 9.66. The zero-order chi connectivity index (χ0) is 18.1. The van der Waals surface area contributed by atoms with E-state index < -0.39 is 0 Å². The molecule has 0 aliphatic heterocycles. The Bertz CT molecular complexity index is 687. The maximum atomic E-state index is 13.6. The van der Waals surface area contributed by atoms with Crippen LogP contribution in [0.1, 0.15) is 32.2 Å². The SMILES string of the molecule is CCNC(=NCc1cc(CC)no1)NCC(C)Oc1ccccc1F. The van der Waals surface area contributed by atoms with E-state index in [1.54, 1.807) is 18.2 Å². The van der Waals surface area contributed by atoms with Crippen LogP contribution < -0.4 is 15.4 Å². The van der Waals surface area contributed by atoms with E-state index in [-0.39, 0.29) is 17.7 Å². The molecule has 0 radical (unpaired) electrons. The average molecular weight is 348 g/mol. The van der Waals surface area contributed by atoms with Gasteiger partial charge in [0, 0.05) is 12.6 Å². The maximum Gasteiger partial charge on any atom is 0.191 e. The number of aliphatic imine (C=N–C) groups is 1. The van der Waals surface area contributed by atoms with Crippen molar-refractivity contribution in [3.05, 3.63) is 47.6 Å². The van der Waals surface area contributed by atoms with Crippen molar-refractivity contribution in [3.8, 4) is 5.75 Å². The van der Waals surface area contributed by atoms with Gasteiger partial charge in [0.25, 0.3) is 0 Å². The van der Waals surface area contributed by atoms with Crippen LogP contribution >= 0.6 is 0 Å². The van der Waals surface area contributed by atoms with Crippen molar-refractivity contribution in [3.63, 3.8) is 0 Å². The van der Waals surface area contributed by atoms with E-state index in [1.807, 2.05) is 26.8 Å². The summed E-state index contributed by atoms with van der Waals surface area (Å²) in [5.41, 5.74) is 0.912. The number of guanidine groups is 1. The predicted octanol–water partition coefficient (Wildman–Crippen LogP) is 2.90. The molecule has 2 aromatic rings. The number of nitrogens with zero attached hydrogens (tertiary/aromatic N) is 2. The van der Waals surface area contributed by atoms with Gasteiger partial charge in [-0.25, -0.2) is 9.38 Å². The van der Waals surface area contributed by atoms with Crippen LogP contribution in [0.3, 0.4) is 0 Å². The quantitative estimate of drug-likeness (QED) is 0.567. The summed E-state index contributed by atoms with van der Waals surface area (Å²) in [5.74, 6) is 1.23. The minimum atomic E-state index is -0.369. The molecule has 2 rings (SSSR count). The number of benzene rings is 1. The summed E-state index contributed by atoms with van der Waals surface area (Å²) < 4.78 is 24.4. The van der Waals surface area contributed by atoms with Crippen LogP contribution in [0.5, 0.6) is 5.75 Å². The molecule has 136 valence electrons. The number of nitrogens with one attached hydrogen (secondary N) is 2. The van der Waals surface area contributed by atoms with Gasteiger partial charge in [0.05, 0.1) is 12.2 Å². The number of rotatable bonds is 8. The first kappa shape index (κ1) is 18.8. The summed E-state index contributed by atoms with van der Waals surface area (Å²) in [5, 5.41) is 10.3. The molecule has 0 saturated heterocycles. The van der Waals surface area contributed by atoms with Gasteiger partial charge in [0.1, 0.15) is 12.6 Å². The molecule has 0 aliphatic carbocycles. The van der Waals surface area contributed by atoms with E-state index in [0.717, 1.165) is 18.7 Å². The Balaban J connectivity index is 1.87. The Labute approximate surface area is 147 Å². The fraction of sp³-hybridized carbons (Fsp3) is 0.444. The highest BCUT2D eigenvalue weighted by atomic mass is 19.1. The van der Waals surface area contributed by atoms with Crippen LogP contribution in [0.4, 0.5) is 4.39 Å². The minimum Gasteiger partial charge on any atom is -0.486 e. The Morgan fingerprint density at radius 1 is 1.32 bits per heavy atom. The lowest BCUT2D eigenvalue weighted by atomic mass is 10.3. The molecule has 7 heteroatoms. The van der Waals surface area contributed by atoms with Crippen molar-refractivity contribution in [1.29, 1.82) is 0 Å². The van der Waals surface area contributed by atoms with Crippen molar-refractivity contribution in [2.75, 3.05) is 13.1 Å². The lowest BCUT2D eigenvalue weighted by Crippen LogP contribution is -2.41. The topological polar surface area (TPSA) is 71.7 Å². The zero-order valence-electron chi connectivity index (χ0n) is 14.9. The smallest absolute Gasteiger partial charge is 0.191 e. The zero-order valence-corrected chi connectivity index (χ0v) is 14.9. The first-order valence-electron chi connectivity index (χ1n) is 8.50. The summed E-state index contributed by atoms with van der Waals surface area (Å²) in [4.78, 5) is 4.46. The number of hydrogen-bond donors (Lipinski definition) is 2. The van der Waals surface area contributed by atoms with Gasteiger partial charge >= 0.3 is 0 Å². The van der Waals surface area contributed by atoms with Crippen LogP contribution in [0.15, 0.2) is 39.8 Å². The third-order valence-electron chi connectivity index (χ3n) is 3.43. The molecule has 0 aliphatic rings. The highest BCUT2D eigenvalue weighted by Gasteiger charge is 2.09. The molecule has 6 nitrogen and oxygen atoms in total. The fourth-order valence-corrected chi connectivity index (χ4v) is 2.13. The van der Waals surface area contributed by atoms with E-state index in [1.165, 1.54) is 6.07 Å². The van der Waals surface area contributed by atoms with Crippen LogP contribution in [0.2, 0.25) is 0 Å². The molecule has 0 fully saturated rings. The fourth-order valence-electron chi connectivity index (χ4n) is 2.13. The number of ether oxygens (including phenoxy) is 1. The molecule has 1 aromatic heterocycles. The second-order valence-corrected chi connectivity index (χ2v) is 5.57. The minimum absolute atomic E-state index is 0.224. The Hall–Kier alpha value is -2.57. The van der Waals surface area contributed by atoms with Crippen LogP contribution in [-0.2, 0) is 13.0 Å². The highest BCUT2D eigenvalue weighted by molar-refractivity contribution is 5.79. The summed E-state index contributed by atoms with van der Waals surface area (Å²) in [6, 6.07) is 8.26. The molecule has 0 spiro atoms. The molecule has 1 heterocycles. The van der Waals surface area contributed by atoms with Crippen molar-refractivity contribution in [1.82, 2.24) is 15.8 Å². The average Bonchev–Trinajstić information content (AvgIpc) is 3.07. The highest BCUT2D eigenvalue weighted by Crippen LogP contribution is 2.16. The number of para-hydroxylation sites is 1. The molecule has 1 aromatic carbocycles. The van der Waals surface area contributed by atoms with Crippen molar-refractivity contribution in [2.45, 2.75) is 39.8 Å². The molecular formula is C18H25FN4O2. The predicted molar refractivity (Wildman–Crippen MR) is 95.2 cm³/mol. The maximum absolute atomic E-state index is 13.6. The monoisotopic (exact) mass is 348 g/mol. The number of hydrogen-bond acceptors (Lipinski definition) is 4. The van der Waals surface area contributed by atoms with Gasteiger partial charge in [-0.15, -0.1) is 0 Å². The van der Waals surface area contributed by atoms with Gasteiger partial charge in [0.2, 0.25) is 0 Å². The van der Waals surface area contributed by atoms with Crippen LogP contribution in [0.25, 0.3) is 0 Å². The first-order chi connectivity index (χ1) is 12.1. The Morgan fingerprint density at radius 2 is 2.12 bits per heavy atom. The van der Waals surface area contributed by atoms with E-state index in [9.17, 15) is 4.39 Å². The van der Waals surface area contributed by atoms with Gasteiger partial charge < -0.3 is 19.9 Å². The number of halogens is 1. The van der Waals surface area contributed by atoms with Crippen molar-refractivity contribution >= 4 is 5.96 Å². The van der Waals surface area contributed by atoms with Crippen molar-refractivity contribution in [2.24, 2.45) is 4.99 Å². The van der Waals surface area contributed by atoms with E-state index in [0.29, 0.717) is 24.8 Å². The lowest BCUT2D eigenvalue weighted by molar-refractivity contribution is 0.214. The van der Waals surface area contributed by atoms with Gasteiger partial charge in [-0.1, -0.05) is 24.2 Å². The summed E-state index contributed by atoms with van der Waals surface area (Å²) in [7, 11) is 0. The van der Waals surface area contributed by atoms with Gasteiger partial charge in [-0.2, -0.15) is 0 Å². The van der Waals surface area contributed by atoms with Gasteiger partial charge in [0.15, 0.2) is 23.3 Å². The molecule has 0 bridgehead atoms. The van der Waals surface area contributed by atoms with Gasteiger partial charge in [-0.3, -0.25) is 0 Å². The lowest BCUT2D eigenvalue weighted by Gasteiger charge is -2.17. The summed E-state index contributed by atoms with van der Waals surface area (Å²) >= 11 is 0. The summed E-state index contributed by atoms with van der Waals surface area (Å²) in [6.45, 7) is 7.48. The third kappa shape index (κ3) is 6.10. The molecule has 1 unspecified atom stereocenters. The van der Waals surface area contributed by atoms with Crippen LogP contribution in [0, 0.1) is 5.82 Å². The second-order valence-electron chi connectivity index (χ2n) is 5.57. The number of aromatic nitrogens is 1. The number of aryl methyl sites for hydroxylation is 1. The standard InChI is InChI=1S/C18H25FN4O2/c1-4-14-10-15(25-23-14)12-22-18(20-5-2)21-11-13(3)24-17-9-7-6-8-16(17)19/h6-10,13H,4-5,11-12H2,1-3H3,(H2,20,21,22). The molecule has 1 atom stereocenters. The largest absolute Gasteiger partial charge is 0.486 e. The third-order valence-corrected chi connectivity index (χ3v) is 3.43. The summed E-state index contributed by atoms with van der Waals surface area (Å²) in [6.07, 6.45) is 0.605. The molecule has 0 saturated carbocycles. The molecule has 2 N–H and O–H groups in total. The Morgan fingerprint density at radius 3 is 2.80 bits per heavy atom. The van der Waals surface area contributed by atoms with Crippen molar-refractivity contribution < 1.29 is 13.7 Å². The molecule has 0 amide bonds. The normalized spacial score (nSPS) is 12.7. The van der Waals surface area contributed by atoms with Crippen LogP contribution in [-0.4, -0.2) is 30.3 Å². The van der Waals surface area contributed by atoms with E-state index >= 15 is 0 Å². The van der Waals surface area contributed by atoms with E-state index in [2.05, 4.69) is 20.8 Å².